The second-order valence-corrected chi connectivity index (χ2v) is 5.31. The summed E-state index contributed by atoms with van der Waals surface area (Å²) in [6.07, 6.45) is 1.76. The molecule has 1 amide bonds. The summed E-state index contributed by atoms with van der Waals surface area (Å²) >= 11 is 0. The van der Waals surface area contributed by atoms with Gasteiger partial charge in [-0.15, -0.1) is 0 Å². The number of methoxy groups -OCH3 is 1. The van der Waals surface area contributed by atoms with Crippen LogP contribution in [-0.4, -0.2) is 37.4 Å². The van der Waals surface area contributed by atoms with Crippen molar-refractivity contribution in [3.63, 3.8) is 0 Å². The van der Waals surface area contributed by atoms with Crippen molar-refractivity contribution in [2.75, 3.05) is 20.3 Å². The topological polar surface area (TPSA) is 67.8 Å². The third kappa shape index (κ3) is 4.19. The van der Waals surface area contributed by atoms with E-state index in [4.69, 9.17) is 9.47 Å². The van der Waals surface area contributed by atoms with Gasteiger partial charge in [0.2, 0.25) is 0 Å². The third-order valence-electron chi connectivity index (χ3n) is 3.69. The van der Waals surface area contributed by atoms with Gasteiger partial charge >= 0.3 is 0 Å². The lowest BCUT2D eigenvalue weighted by Gasteiger charge is -2.23. The van der Waals surface area contributed by atoms with Gasteiger partial charge in [-0.1, -0.05) is 6.07 Å². The first-order valence-electron chi connectivity index (χ1n) is 7.36. The number of benzene rings is 1. The number of ether oxygens (including phenoxy) is 2. The van der Waals surface area contributed by atoms with Gasteiger partial charge in [-0.3, -0.25) is 4.79 Å². The molecule has 1 aliphatic carbocycles. The summed E-state index contributed by atoms with van der Waals surface area (Å²) in [6, 6.07) is 5.68. The molecule has 1 aromatic carbocycles. The molecule has 5 nitrogen and oxygen atoms in total. The Kier molecular flexibility index (Phi) is 5.59. The van der Waals surface area contributed by atoms with Gasteiger partial charge in [0.25, 0.3) is 5.91 Å². The molecular formula is C16H23NO4. The molecule has 0 bridgehead atoms. The highest BCUT2D eigenvalue weighted by atomic mass is 16.5. The highest BCUT2D eigenvalue weighted by Gasteiger charge is 2.20. The molecule has 0 spiro atoms. The number of nitrogens with one attached hydrogen (secondary N) is 1. The van der Waals surface area contributed by atoms with E-state index in [1.807, 2.05) is 18.2 Å². The van der Waals surface area contributed by atoms with Crippen LogP contribution in [0.25, 0.3) is 0 Å². The van der Waals surface area contributed by atoms with E-state index >= 15 is 0 Å². The van der Waals surface area contributed by atoms with Crippen LogP contribution in [0, 0.1) is 0 Å². The maximum Gasteiger partial charge on any atom is 0.260 e. The second-order valence-electron chi connectivity index (χ2n) is 5.31. The zero-order valence-electron chi connectivity index (χ0n) is 12.6. The molecule has 0 heterocycles. The van der Waals surface area contributed by atoms with Crippen molar-refractivity contribution < 1.29 is 19.4 Å². The average Bonchev–Trinajstić information content (AvgIpc) is 2.48. The first kappa shape index (κ1) is 15.8. The molecule has 2 rings (SSSR count). The molecule has 1 aliphatic rings. The molecule has 0 saturated carbocycles. The van der Waals surface area contributed by atoms with Gasteiger partial charge in [0.15, 0.2) is 6.10 Å². The Morgan fingerprint density at radius 1 is 1.52 bits per heavy atom. The van der Waals surface area contributed by atoms with Gasteiger partial charge in [0, 0.05) is 13.7 Å². The third-order valence-corrected chi connectivity index (χ3v) is 3.69. The standard InChI is InChI=1S/C16H23NO4/c1-11(16(19)17-8-9-20-2)21-13-7-6-12-4-3-5-15(18)14(12)10-13/h6-7,10-11,15,18H,3-5,8-9H2,1-2H3,(H,17,19)/t11?,15-/m0/s1. The van der Waals surface area contributed by atoms with Gasteiger partial charge in [-0.05, 0) is 49.4 Å². The minimum atomic E-state index is -0.583. The lowest BCUT2D eigenvalue weighted by atomic mass is 9.89. The SMILES string of the molecule is COCCNC(=O)C(C)Oc1ccc2c(c1)[C@@H](O)CCC2. The van der Waals surface area contributed by atoms with Crippen molar-refractivity contribution in [3.05, 3.63) is 29.3 Å². The fraction of sp³-hybridized carbons (Fsp3) is 0.562. The number of carbonyl (C=O) groups excluding carboxylic acids is 1. The van der Waals surface area contributed by atoms with Gasteiger partial charge in [-0.2, -0.15) is 0 Å². The van der Waals surface area contributed by atoms with Gasteiger partial charge < -0.3 is 19.9 Å². The summed E-state index contributed by atoms with van der Waals surface area (Å²) in [5, 5.41) is 12.8. The first-order valence-corrected chi connectivity index (χ1v) is 7.36. The van der Waals surface area contributed by atoms with E-state index in [1.54, 1.807) is 14.0 Å². The smallest absolute Gasteiger partial charge is 0.260 e. The highest BCUT2D eigenvalue weighted by Crippen LogP contribution is 2.32. The average molecular weight is 293 g/mol. The minimum absolute atomic E-state index is 0.176. The van der Waals surface area contributed by atoms with Crippen LogP contribution in [0.2, 0.25) is 0 Å². The first-order chi connectivity index (χ1) is 10.1. The Morgan fingerprint density at radius 2 is 2.33 bits per heavy atom. The molecule has 2 atom stereocenters. The number of amides is 1. The van der Waals surface area contributed by atoms with Gasteiger partial charge in [0.05, 0.1) is 12.7 Å². The number of hydrogen-bond donors (Lipinski definition) is 2. The Balaban J connectivity index is 1.96. The van der Waals surface area contributed by atoms with Crippen molar-refractivity contribution in [1.82, 2.24) is 5.32 Å². The number of aliphatic hydroxyl groups excluding tert-OH is 1. The Hall–Kier alpha value is -1.59. The summed E-state index contributed by atoms with van der Waals surface area (Å²) in [5.41, 5.74) is 2.09. The Morgan fingerprint density at radius 3 is 3.10 bits per heavy atom. The number of carbonyl (C=O) groups is 1. The molecule has 0 aliphatic heterocycles. The number of hydrogen-bond acceptors (Lipinski definition) is 4. The molecule has 0 radical (unpaired) electrons. The summed E-state index contributed by atoms with van der Waals surface area (Å²) < 4.78 is 10.5. The fourth-order valence-electron chi connectivity index (χ4n) is 2.50. The molecule has 0 aromatic heterocycles. The summed E-state index contributed by atoms with van der Waals surface area (Å²) in [6.45, 7) is 2.65. The van der Waals surface area contributed by atoms with E-state index in [9.17, 15) is 9.90 Å². The molecule has 2 N–H and O–H groups in total. The predicted octanol–water partition coefficient (Wildman–Crippen LogP) is 1.59. The van der Waals surface area contributed by atoms with Crippen LogP contribution in [0.5, 0.6) is 5.75 Å². The zero-order chi connectivity index (χ0) is 15.2. The quantitative estimate of drug-likeness (QED) is 0.782. The molecule has 5 heteroatoms. The maximum absolute atomic E-state index is 11.8. The van der Waals surface area contributed by atoms with Crippen molar-refractivity contribution in [1.29, 1.82) is 0 Å². The number of aliphatic hydroxyl groups is 1. The highest BCUT2D eigenvalue weighted by molar-refractivity contribution is 5.80. The monoisotopic (exact) mass is 293 g/mol. The number of rotatable bonds is 6. The van der Waals surface area contributed by atoms with E-state index in [2.05, 4.69) is 5.32 Å². The fourth-order valence-corrected chi connectivity index (χ4v) is 2.50. The minimum Gasteiger partial charge on any atom is -0.481 e. The van der Waals surface area contributed by atoms with Crippen LogP contribution in [0.4, 0.5) is 0 Å². The Bertz CT molecular complexity index is 489. The molecule has 1 unspecified atom stereocenters. The molecule has 0 saturated heterocycles. The largest absolute Gasteiger partial charge is 0.481 e. The Labute approximate surface area is 125 Å². The van der Waals surface area contributed by atoms with Crippen LogP contribution in [-0.2, 0) is 16.0 Å². The zero-order valence-corrected chi connectivity index (χ0v) is 12.6. The van der Waals surface area contributed by atoms with Crippen LogP contribution >= 0.6 is 0 Å². The second kappa shape index (κ2) is 7.43. The van der Waals surface area contributed by atoms with Crippen LogP contribution in [0.15, 0.2) is 18.2 Å². The molecular weight excluding hydrogens is 270 g/mol. The molecule has 1 aromatic rings. The van der Waals surface area contributed by atoms with E-state index in [0.717, 1.165) is 24.8 Å². The van der Waals surface area contributed by atoms with E-state index < -0.39 is 12.2 Å². The van der Waals surface area contributed by atoms with Gasteiger partial charge in [0.1, 0.15) is 5.75 Å². The van der Waals surface area contributed by atoms with Crippen molar-refractivity contribution in [2.45, 2.75) is 38.4 Å². The summed E-state index contributed by atoms with van der Waals surface area (Å²) in [4.78, 5) is 11.8. The normalized spacial score (nSPS) is 18.7. The maximum atomic E-state index is 11.8. The summed E-state index contributed by atoms with van der Waals surface area (Å²) in [5.74, 6) is 0.439. The predicted molar refractivity (Wildman–Crippen MR) is 79.3 cm³/mol. The van der Waals surface area contributed by atoms with Crippen molar-refractivity contribution in [2.24, 2.45) is 0 Å². The van der Waals surface area contributed by atoms with Crippen LogP contribution in [0.1, 0.15) is 37.0 Å². The lowest BCUT2D eigenvalue weighted by Crippen LogP contribution is -2.37. The summed E-state index contributed by atoms with van der Waals surface area (Å²) in [7, 11) is 1.59. The molecule has 116 valence electrons. The van der Waals surface area contributed by atoms with Crippen LogP contribution in [0.3, 0.4) is 0 Å². The number of fused-ring (bicyclic) bond motifs is 1. The molecule has 21 heavy (non-hydrogen) atoms. The molecule has 0 fully saturated rings. The number of aryl methyl sites for hydroxylation is 1. The van der Waals surface area contributed by atoms with E-state index in [-0.39, 0.29) is 5.91 Å². The van der Waals surface area contributed by atoms with Crippen LogP contribution < -0.4 is 10.1 Å². The van der Waals surface area contributed by atoms with E-state index in [1.165, 1.54) is 5.56 Å². The van der Waals surface area contributed by atoms with Crippen molar-refractivity contribution >= 4 is 5.91 Å². The lowest BCUT2D eigenvalue weighted by molar-refractivity contribution is -0.127. The van der Waals surface area contributed by atoms with E-state index in [0.29, 0.717) is 18.9 Å². The van der Waals surface area contributed by atoms with Crippen molar-refractivity contribution in [3.8, 4) is 5.75 Å². The van der Waals surface area contributed by atoms with Gasteiger partial charge in [-0.25, -0.2) is 0 Å².